The summed E-state index contributed by atoms with van der Waals surface area (Å²) in [6.07, 6.45) is 6.94. The summed E-state index contributed by atoms with van der Waals surface area (Å²) in [5, 5.41) is 9.11. The summed E-state index contributed by atoms with van der Waals surface area (Å²) in [6, 6.07) is 18.5. The average Bonchev–Trinajstić information content (AvgIpc) is 3.39. The second-order valence-corrected chi connectivity index (χ2v) is 12.5. The van der Waals surface area contributed by atoms with Crippen LogP contribution >= 0.6 is 0 Å². The van der Waals surface area contributed by atoms with Crippen LogP contribution in [0.25, 0.3) is 17.0 Å². The monoisotopic (exact) mass is 711 g/mol. The molecule has 0 spiro atoms. The molecule has 1 atom stereocenters. The molecule has 3 aromatic carbocycles. The van der Waals surface area contributed by atoms with E-state index in [-0.39, 0.29) is 42.9 Å². The van der Waals surface area contributed by atoms with Gasteiger partial charge in [0.25, 0.3) is 17.7 Å². The van der Waals surface area contributed by atoms with Gasteiger partial charge < -0.3 is 20.1 Å². The molecule has 0 saturated carbocycles. The Morgan fingerprint density at radius 3 is 2.55 bits per heavy atom. The third-order valence-electron chi connectivity index (χ3n) is 8.72. The molecule has 53 heavy (non-hydrogen) atoms. The minimum Gasteiger partial charge on any atom is -0.484 e. The zero-order chi connectivity index (χ0) is 37.1. The number of aryl methyl sites for hydroxylation is 2. The lowest BCUT2D eigenvalue weighted by Gasteiger charge is -2.27. The van der Waals surface area contributed by atoms with Gasteiger partial charge in [-0.05, 0) is 92.1 Å². The minimum absolute atomic E-state index is 0.0268. The molecule has 14 nitrogen and oxygen atoms in total. The van der Waals surface area contributed by atoms with Crippen LogP contribution in [0.5, 0.6) is 17.2 Å². The Bertz CT molecular complexity index is 2320. The number of amides is 5. The lowest BCUT2D eigenvalue weighted by molar-refractivity contribution is -0.136. The van der Waals surface area contributed by atoms with Crippen molar-refractivity contribution in [2.24, 2.45) is 0 Å². The van der Waals surface area contributed by atoms with Crippen LogP contribution in [-0.4, -0.2) is 68.6 Å². The summed E-state index contributed by atoms with van der Waals surface area (Å²) < 4.78 is 11.6. The molecule has 1 unspecified atom stereocenters. The fraction of sp³-hybridized carbons (Fsp3) is 0.179. The summed E-state index contributed by atoms with van der Waals surface area (Å²) in [4.78, 5) is 76.3. The van der Waals surface area contributed by atoms with Crippen molar-refractivity contribution in [3.63, 3.8) is 0 Å². The first-order chi connectivity index (χ1) is 25.6. The van der Waals surface area contributed by atoms with E-state index in [4.69, 9.17) is 9.47 Å². The number of nitrogens with one attached hydrogen (secondary N) is 3. The molecule has 5 amide bonds. The van der Waals surface area contributed by atoms with E-state index in [2.05, 4.69) is 30.9 Å². The Morgan fingerprint density at radius 1 is 0.925 bits per heavy atom. The highest BCUT2D eigenvalue weighted by Gasteiger charge is 2.44. The van der Waals surface area contributed by atoms with Crippen LogP contribution in [0, 0.1) is 13.8 Å². The van der Waals surface area contributed by atoms with Crippen molar-refractivity contribution in [2.45, 2.75) is 32.7 Å². The first-order valence-corrected chi connectivity index (χ1v) is 16.8. The number of imide groups is 2. The number of hydrogen-bond donors (Lipinski definition) is 3. The molecule has 0 radical (unpaired) electrons. The zero-order valence-corrected chi connectivity index (χ0v) is 28.7. The van der Waals surface area contributed by atoms with Crippen LogP contribution < -0.4 is 25.4 Å². The first kappa shape index (κ1) is 34.5. The SMILES string of the molecule is Cc1ccc(Oc2ccc(Nc3ncnc4ccc(/C=C/CNC(=O)COc5ccc6c(c5)C(=O)N(C5CCC(=O)NC5=O)C6=O)cc34)cc2C)cn1. The van der Waals surface area contributed by atoms with Crippen LogP contribution in [-0.2, 0) is 14.4 Å². The number of aromatic nitrogens is 3. The predicted octanol–water partition coefficient (Wildman–Crippen LogP) is 4.79. The number of benzene rings is 3. The van der Waals surface area contributed by atoms with Gasteiger partial charge in [-0.3, -0.25) is 39.2 Å². The third-order valence-corrected chi connectivity index (χ3v) is 8.72. The maximum absolute atomic E-state index is 13.1. The maximum Gasteiger partial charge on any atom is 0.262 e. The number of piperidine rings is 1. The van der Waals surface area contributed by atoms with Crippen LogP contribution in [0.3, 0.4) is 0 Å². The van der Waals surface area contributed by atoms with Crippen molar-refractivity contribution in [3.05, 3.63) is 113 Å². The molecular formula is C39H33N7O7. The topological polar surface area (TPSA) is 182 Å². The van der Waals surface area contributed by atoms with E-state index in [1.54, 1.807) is 12.3 Å². The lowest BCUT2D eigenvalue weighted by Crippen LogP contribution is -2.54. The van der Waals surface area contributed by atoms with Gasteiger partial charge in [-0.2, -0.15) is 0 Å². The van der Waals surface area contributed by atoms with Gasteiger partial charge in [0.15, 0.2) is 6.61 Å². The number of hydrogen-bond acceptors (Lipinski definition) is 11. The van der Waals surface area contributed by atoms with Gasteiger partial charge in [0.1, 0.15) is 35.4 Å². The first-order valence-electron chi connectivity index (χ1n) is 16.8. The molecule has 1 fully saturated rings. The fourth-order valence-electron chi connectivity index (χ4n) is 6.01. The molecule has 7 rings (SSSR count). The third kappa shape index (κ3) is 7.56. The number of fused-ring (bicyclic) bond motifs is 2. The smallest absolute Gasteiger partial charge is 0.262 e. The molecule has 14 heteroatoms. The van der Waals surface area contributed by atoms with Gasteiger partial charge in [0.2, 0.25) is 11.8 Å². The number of carbonyl (C=O) groups excluding carboxylic acids is 5. The van der Waals surface area contributed by atoms with Gasteiger partial charge >= 0.3 is 0 Å². The van der Waals surface area contributed by atoms with E-state index >= 15 is 0 Å². The van der Waals surface area contributed by atoms with Crippen molar-refractivity contribution in [2.75, 3.05) is 18.5 Å². The van der Waals surface area contributed by atoms with Crippen LogP contribution in [0.2, 0.25) is 0 Å². The number of carbonyl (C=O) groups is 5. The molecule has 266 valence electrons. The predicted molar refractivity (Wildman–Crippen MR) is 194 cm³/mol. The standard InChI is InChI=1S/C39H33N7O7/c1-22-16-25(7-13-33(22)53-27-8-5-23(2)41-19-27)44-36-30-17-24(6-11-31(30)42-21-43-36)4-3-15-40-35(48)20-52-26-9-10-28-29(18-26)39(51)46(38(28)50)32-12-14-34(47)45-37(32)49/h3-11,13,16-19,21,32H,12,14-15,20H2,1-2H3,(H,40,48)(H,42,43,44)(H,45,47,49)/b4-3+. The van der Waals surface area contributed by atoms with Crippen LogP contribution in [0.1, 0.15) is 50.4 Å². The van der Waals surface area contributed by atoms with E-state index in [1.165, 1.54) is 24.5 Å². The average molecular weight is 712 g/mol. The van der Waals surface area contributed by atoms with E-state index in [0.717, 1.165) is 44.1 Å². The molecule has 0 bridgehead atoms. The van der Waals surface area contributed by atoms with Gasteiger partial charge in [-0.25, -0.2) is 9.97 Å². The Morgan fingerprint density at radius 2 is 1.75 bits per heavy atom. The molecule has 3 N–H and O–H groups in total. The van der Waals surface area contributed by atoms with Crippen molar-refractivity contribution in [1.82, 2.24) is 30.5 Å². The highest BCUT2D eigenvalue weighted by molar-refractivity contribution is 6.23. The minimum atomic E-state index is -1.07. The zero-order valence-electron chi connectivity index (χ0n) is 28.7. The Labute approximate surface area is 303 Å². The Kier molecular flexibility index (Phi) is 9.58. The number of nitrogens with zero attached hydrogens (tertiary/aromatic N) is 4. The number of pyridine rings is 1. The van der Waals surface area contributed by atoms with E-state index in [0.29, 0.717) is 11.6 Å². The van der Waals surface area contributed by atoms with Gasteiger partial charge in [-0.1, -0.05) is 18.2 Å². The maximum atomic E-state index is 13.1. The lowest BCUT2D eigenvalue weighted by atomic mass is 10.0. The fourth-order valence-corrected chi connectivity index (χ4v) is 6.01. The number of rotatable bonds is 11. The largest absolute Gasteiger partial charge is 0.484 e. The summed E-state index contributed by atoms with van der Waals surface area (Å²) in [5.74, 6) is -0.594. The van der Waals surface area contributed by atoms with Crippen molar-refractivity contribution < 1.29 is 33.4 Å². The second-order valence-electron chi connectivity index (χ2n) is 12.5. The normalized spacial score (nSPS) is 15.4. The second kappa shape index (κ2) is 14.7. The van der Waals surface area contributed by atoms with Gasteiger partial charge in [-0.15, -0.1) is 0 Å². The molecule has 4 heterocycles. The Hall–Kier alpha value is -6.96. The molecule has 2 aliphatic rings. The molecule has 5 aromatic rings. The highest BCUT2D eigenvalue weighted by Crippen LogP contribution is 2.32. The Balaban J connectivity index is 0.929. The van der Waals surface area contributed by atoms with Gasteiger partial charge in [0, 0.05) is 29.7 Å². The molecule has 2 aromatic heterocycles. The van der Waals surface area contributed by atoms with Crippen LogP contribution in [0.15, 0.2) is 85.3 Å². The summed E-state index contributed by atoms with van der Waals surface area (Å²) in [5.41, 5.74) is 4.49. The molecular weight excluding hydrogens is 678 g/mol. The van der Waals surface area contributed by atoms with Gasteiger partial charge in [0.05, 0.1) is 22.8 Å². The van der Waals surface area contributed by atoms with Crippen molar-refractivity contribution in [1.29, 1.82) is 0 Å². The van der Waals surface area contributed by atoms with Crippen LogP contribution in [0.4, 0.5) is 11.5 Å². The van der Waals surface area contributed by atoms with Crippen molar-refractivity contribution in [3.8, 4) is 17.2 Å². The number of anilines is 2. The quantitative estimate of drug-likeness (QED) is 0.160. The van der Waals surface area contributed by atoms with E-state index in [9.17, 15) is 24.0 Å². The highest BCUT2D eigenvalue weighted by atomic mass is 16.5. The summed E-state index contributed by atoms with van der Waals surface area (Å²) >= 11 is 0. The molecule has 0 aliphatic carbocycles. The number of ether oxygens (including phenoxy) is 2. The van der Waals surface area contributed by atoms with Crippen molar-refractivity contribution >= 4 is 58.0 Å². The molecule has 1 saturated heterocycles. The van der Waals surface area contributed by atoms with E-state index in [1.807, 2.05) is 68.5 Å². The summed E-state index contributed by atoms with van der Waals surface area (Å²) in [6.45, 7) is 3.78. The summed E-state index contributed by atoms with van der Waals surface area (Å²) in [7, 11) is 0. The van der Waals surface area contributed by atoms with E-state index < -0.39 is 35.6 Å². The molecule has 2 aliphatic heterocycles.